The largest absolute Gasteiger partial charge is 0.383 e. The number of nitrogens with zero attached hydrogens (tertiary/aromatic N) is 2. The van der Waals surface area contributed by atoms with Crippen molar-refractivity contribution in [2.75, 3.05) is 5.73 Å². The van der Waals surface area contributed by atoms with Crippen LogP contribution in [0, 0.1) is 0 Å². The maximum atomic E-state index is 11.1. The fourth-order valence-corrected chi connectivity index (χ4v) is 1.31. The molecular formula is C10H10N4O. The Morgan fingerprint density at radius 3 is 3.00 bits per heavy atom. The molecule has 2 aromatic rings. The van der Waals surface area contributed by atoms with Crippen LogP contribution in [0.25, 0.3) is 0 Å². The minimum Gasteiger partial charge on any atom is -0.383 e. The number of aromatic nitrogens is 3. The topological polar surface area (TPSA) is 84.7 Å². The maximum Gasteiger partial charge on any atom is 0.252 e. The van der Waals surface area contributed by atoms with Gasteiger partial charge in [0, 0.05) is 24.9 Å². The lowest BCUT2D eigenvalue weighted by atomic mass is 10.2. The van der Waals surface area contributed by atoms with Crippen molar-refractivity contribution in [1.82, 2.24) is 15.0 Å². The van der Waals surface area contributed by atoms with Crippen molar-refractivity contribution in [2.24, 2.45) is 0 Å². The number of pyridine rings is 1. The molecule has 2 aromatic heterocycles. The molecule has 0 aliphatic carbocycles. The summed E-state index contributed by atoms with van der Waals surface area (Å²) in [6.45, 7) is 0. The Hall–Kier alpha value is -2.17. The molecule has 0 spiro atoms. The molecule has 3 N–H and O–H groups in total. The molecule has 76 valence electrons. The van der Waals surface area contributed by atoms with Crippen LogP contribution in [0.4, 0.5) is 5.82 Å². The van der Waals surface area contributed by atoms with Crippen LogP contribution in [0.3, 0.4) is 0 Å². The SMILES string of the molecule is Nc1cc(=O)[nH]c(Cc2cccnc2)n1. The van der Waals surface area contributed by atoms with Crippen molar-refractivity contribution in [1.29, 1.82) is 0 Å². The van der Waals surface area contributed by atoms with Gasteiger partial charge in [-0.1, -0.05) is 6.07 Å². The number of nitrogen functional groups attached to an aromatic ring is 1. The van der Waals surface area contributed by atoms with E-state index in [2.05, 4.69) is 15.0 Å². The minimum atomic E-state index is -0.235. The van der Waals surface area contributed by atoms with E-state index in [9.17, 15) is 4.79 Å². The normalized spacial score (nSPS) is 10.1. The molecule has 0 saturated carbocycles. The van der Waals surface area contributed by atoms with Crippen LogP contribution in [-0.2, 0) is 6.42 Å². The van der Waals surface area contributed by atoms with Gasteiger partial charge in [0.15, 0.2) is 0 Å². The smallest absolute Gasteiger partial charge is 0.252 e. The average molecular weight is 202 g/mol. The summed E-state index contributed by atoms with van der Waals surface area (Å²) in [5.41, 5.74) is 6.21. The molecule has 0 fully saturated rings. The van der Waals surface area contributed by atoms with E-state index in [0.717, 1.165) is 5.56 Å². The molecule has 0 bridgehead atoms. The first kappa shape index (κ1) is 9.39. The molecule has 5 nitrogen and oxygen atoms in total. The lowest BCUT2D eigenvalue weighted by Crippen LogP contribution is -2.12. The number of nitrogens with one attached hydrogen (secondary N) is 1. The third kappa shape index (κ3) is 2.40. The highest BCUT2D eigenvalue weighted by atomic mass is 16.1. The summed E-state index contributed by atoms with van der Waals surface area (Å²) in [5, 5.41) is 0. The Labute approximate surface area is 86.0 Å². The molecule has 0 aliphatic heterocycles. The first-order valence-corrected chi connectivity index (χ1v) is 4.48. The molecule has 0 aromatic carbocycles. The second-order valence-corrected chi connectivity index (χ2v) is 3.16. The third-order valence-electron chi connectivity index (χ3n) is 1.90. The monoisotopic (exact) mass is 202 g/mol. The predicted octanol–water partition coefficient (Wildman–Crippen LogP) is 0.338. The molecule has 0 amide bonds. The summed E-state index contributed by atoms with van der Waals surface area (Å²) >= 11 is 0. The first-order chi connectivity index (χ1) is 7.24. The second-order valence-electron chi connectivity index (χ2n) is 3.16. The van der Waals surface area contributed by atoms with Gasteiger partial charge >= 0.3 is 0 Å². The molecule has 0 saturated heterocycles. The zero-order valence-electron chi connectivity index (χ0n) is 7.97. The molecule has 0 aliphatic rings. The summed E-state index contributed by atoms with van der Waals surface area (Å²) < 4.78 is 0. The van der Waals surface area contributed by atoms with Crippen molar-refractivity contribution in [2.45, 2.75) is 6.42 Å². The van der Waals surface area contributed by atoms with Crippen LogP contribution in [0.1, 0.15) is 11.4 Å². The van der Waals surface area contributed by atoms with Gasteiger partial charge in [-0.05, 0) is 11.6 Å². The van der Waals surface area contributed by atoms with Crippen LogP contribution < -0.4 is 11.3 Å². The molecule has 2 rings (SSSR count). The van der Waals surface area contributed by atoms with Gasteiger partial charge in [-0.2, -0.15) is 0 Å². The fourth-order valence-electron chi connectivity index (χ4n) is 1.31. The zero-order valence-corrected chi connectivity index (χ0v) is 7.97. The van der Waals surface area contributed by atoms with Gasteiger partial charge < -0.3 is 10.7 Å². The molecule has 0 atom stereocenters. The molecule has 5 heteroatoms. The maximum absolute atomic E-state index is 11.1. The van der Waals surface area contributed by atoms with E-state index in [0.29, 0.717) is 12.2 Å². The molecule has 0 unspecified atom stereocenters. The Morgan fingerprint density at radius 2 is 2.33 bits per heavy atom. The Morgan fingerprint density at radius 1 is 1.47 bits per heavy atom. The molecule has 0 radical (unpaired) electrons. The third-order valence-corrected chi connectivity index (χ3v) is 1.90. The van der Waals surface area contributed by atoms with Crippen molar-refractivity contribution in [3.8, 4) is 0 Å². The Kier molecular flexibility index (Phi) is 2.45. The van der Waals surface area contributed by atoms with Crippen molar-refractivity contribution in [3.63, 3.8) is 0 Å². The van der Waals surface area contributed by atoms with E-state index in [1.165, 1.54) is 6.07 Å². The lowest BCUT2D eigenvalue weighted by Gasteiger charge is -2.00. The van der Waals surface area contributed by atoms with Gasteiger partial charge in [-0.3, -0.25) is 9.78 Å². The van der Waals surface area contributed by atoms with E-state index < -0.39 is 0 Å². The zero-order chi connectivity index (χ0) is 10.7. The highest BCUT2D eigenvalue weighted by molar-refractivity contribution is 5.26. The molecule has 15 heavy (non-hydrogen) atoms. The van der Waals surface area contributed by atoms with Gasteiger partial charge in [0.2, 0.25) is 0 Å². The Balaban J connectivity index is 2.29. The van der Waals surface area contributed by atoms with E-state index in [4.69, 9.17) is 5.73 Å². The van der Waals surface area contributed by atoms with Crippen molar-refractivity contribution >= 4 is 5.82 Å². The van der Waals surface area contributed by atoms with Gasteiger partial charge in [0.1, 0.15) is 11.6 Å². The number of aromatic amines is 1. The van der Waals surface area contributed by atoms with Gasteiger partial charge in [0.25, 0.3) is 5.56 Å². The van der Waals surface area contributed by atoms with Gasteiger partial charge in [-0.25, -0.2) is 4.98 Å². The Bertz CT molecular complexity index is 506. The number of hydrogen-bond acceptors (Lipinski definition) is 4. The van der Waals surface area contributed by atoms with Crippen molar-refractivity contribution < 1.29 is 0 Å². The van der Waals surface area contributed by atoms with E-state index in [-0.39, 0.29) is 11.4 Å². The number of H-pyrrole nitrogens is 1. The second kappa shape index (κ2) is 3.91. The number of nitrogens with two attached hydrogens (primary N) is 1. The minimum absolute atomic E-state index is 0.234. The van der Waals surface area contributed by atoms with Crippen LogP contribution in [0.15, 0.2) is 35.4 Å². The van der Waals surface area contributed by atoms with Crippen LogP contribution >= 0.6 is 0 Å². The highest BCUT2D eigenvalue weighted by Gasteiger charge is 2.00. The number of rotatable bonds is 2. The molecular weight excluding hydrogens is 192 g/mol. The van der Waals surface area contributed by atoms with Gasteiger partial charge in [-0.15, -0.1) is 0 Å². The number of anilines is 1. The van der Waals surface area contributed by atoms with E-state index in [1.807, 2.05) is 12.1 Å². The summed E-state index contributed by atoms with van der Waals surface area (Å²) in [5.74, 6) is 0.783. The summed E-state index contributed by atoms with van der Waals surface area (Å²) in [6.07, 6.45) is 3.94. The summed E-state index contributed by atoms with van der Waals surface area (Å²) in [7, 11) is 0. The van der Waals surface area contributed by atoms with Crippen molar-refractivity contribution in [3.05, 3.63) is 52.3 Å². The summed E-state index contributed by atoms with van der Waals surface area (Å²) in [6, 6.07) is 5.00. The average Bonchev–Trinajstić information content (AvgIpc) is 2.17. The quantitative estimate of drug-likeness (QED) is 0.735. The molecule has 2 heterocycles. The fraction of sp³-hybridized carbons (Fsp3) is 0.100. The predicted molar refractivity (Wildman–Crippen MR) is 56.3 cm³/mol. The number of hydrogen-bond donors (Lipinski definition) is 2. The van der Waals surface area contributed by atoms with E-state index in [1.54, 1.807) is 12.4 Å². The lowest BCUT2D eigenvalue weighted by molar-refractivity contribution is 0.946. The highest BCUT2D eigenvalue weighted by Crippen LogP contribution is 2.02. The standard InChI is InChI=1S/C10H10N4O/c11-8-5-10(15)14-9(13-8)4-7-2-1-3-12-6-7/h1-3,5-6H,4H2,(H3,11,13,14,15). The van der Waals surface area contributed by atoms with Crippen LogP contribution in [-0.4, -0.2) is 15.0 Å². The summed E-state index contributed by atoms with van der Waals surface area (Å²) in [4.78, 5) is 21.7. The van der Waals surface area contributed by atoms with Crippen LogP contribution in [0.5, 0.6) is 0 Å². The van der Waals surface area contributed by atoms with E-state index >= 15 is 0 Å². The first-order valence-electron chi connectivity index (χ1n) is 4.48. The van der Waals surface area contributed by atoms with Crippen LogP contribution in [0.2, 0.25) is 0 Å². The van der Waals surface area contributed by atoms with Gasteiger partial charge in [0.05, 0.1) is 0 Å².